The maximum absolute atomic E-state index is 13.2. The SMILES string of the molecule is CNCC(C)(C)Cc1cccc(F)c1Cl. The van der Waals surface area contributed by atoms with E-state index in [2.05, 4.69) is 19.2 Å². The summed E-state index contributed by atoms with van der Waals surface area (Å²) in [5.41, 5.74) is 0.948. The monoisotopic (exact) mass is 229 g/mol. The van der Waals surface area contributed by atoms with Crippen LogP contribution in [0.1, 0.15) is 19.4 Å². The van der Waals surface area contributed by atoms with Gasteiger partial charge in [-0.3, -0.25) is 0 Å². The molecular formula is C12H17ClFN. The number of halogens is 2. The molecule has 0 unspecified atom stereocenters. The van der Waals surface area contributed by atoms with Crippen LogP contribution in [0, 0.1) is 11.2 Å². The first-order valence-electron chi connectivity index (χ1n) is 5.04. The summed E-state index contributed by atoms with van der Waals surface area (Å²) in [5, 5.41) is 3.38. The van der Waals surface area contributed by atoms with Gasteiger partial charge in [-0.05, 0) is 30.5 Å². The first kappa shape index (κ1) is 12.5. The molecule has 1 nitrogen and oxygen atoms in total. The van der Waals surface area contributed by atoms with Gasteiger partial charge in [0.05, 0.1) is 5.02 Å². The van der Waals surface area contributed by atoms with Gasteiger partial charge in [-0.2, -0.15) is 0 Å². The zero-order valence-electron chi connectivity index (χ0n) is 9.40. The summed E-state index contributed by atoms with van der Waals surface area (Å²) < 4.78 is 13.2. The number of nitrogens with one attached hydrogen (secondary N) is 1. The Balaban J connectivity index is 2.85. The summed E-state index contributed by atoms with van der Waals surface area (Å²) in [7, 11) is 1.91. The molecule has 0 amide bonds. The Labute approximate surface area is 95.6 Å². The molecule has 0 heterocycles. The van der Waals surface area contributed by atoms with Crippen molar-refractivity contribution in [1.82, 2.24) is 5.32 Å². The van der Waals surface area contributed by atoms with Crippen molar-refractivity contribution in [1.29, 1.82) is 0 Å². The molecule has 1 aromatic carbocycles. The fourth-order valence-electron chi connectivity index (χ4n) is 1.74. The van der Waals surface area contributed by atoms with Crippen LogP contribution in [-0.2, 0) is 6.42 Å². The minimum Gasteiger partial charge on any atom is -0.319 e. The molecule has 0 atom stereocenters. The van der Waals surface area contributed by atoms with Gasteiger partial charge in [0.1, 0.15) is 5.82 Å². The second kappa shape index (κ2) is 4.95. The average Bonchev–Trinajstić information content (AvgIpc) is 2.12. The van der Waals surface area contributed by atoms with Crippen molar-refractivity contribution in [2.45, 2.75) is 20.3 Å². The maximum Gasteiger partial charge on any atom is 0.142 e. The van der Waals surface area contributed by atoms with Gasteiger partial charge in [-0.15, -0.1) is 0 Å². The Hall–Kier alpha value is -0.600. The van der Waals surface area contributed by atoms with Crippen molar-refractivity contribution in [3.05, 3.63) is 34.6 Å². The molecule has 0 spiro atoms. The van der Waals surface area contributed by atoms with E-state index in [4.69, 9.17) is 11.6 Å². The van der Waals surface area contributed by atoms with Crippen LogP contribution in [0.4, 0.5) is 4.39 Å². The molecule has 0 aliphatic carbocycles. The quantitative estimate of drug-likeness (QED) is 0.836. The summed E-state index contributed by atoms with van der Waals surface area (Å²) in [6.45, 7) is 5.13. The third-order valence-electron chi connectivity index (χ3n) is 2.36. The number of benzene rings is 1. The topological polar surface area (TPSA) is 12.0 Å². The summed E-state index contributed by atoms with van der Waals surface area (Å²) in [5.74, 6) is -0.338. The van der Waals surface area contributed by atoms with Crippen molar-refractivity contribution in [3.63, 3.8) is 0 Å². The largest absolute Gasteiger partial charge is 0.319 e. The third kappa shape index (κ3) is 3.47. The van der Waals surface area contributed by atoms with Crippen molar-refractivity contribution in [3.8, 4) is 0 Å². The van der Waals surface area contributed by atoms with Crippen LogP contribution in [0.15, 0.2) is 18.2 Å². The first-order valence-corrected chi connectivity index (χ1v) is 5.41. The predicted octanol–water partition coefficient (Wildman–Crippen LogP) is 3.27. The molecule has 0 aromatic heterocycles. The number of hydrogen-bond acceptors (Lipinski definition) is 1. The first-order chi connectivity index (χ1) is 6.96. The molecule has 0 saturated carbocycles. The lowest BCUT2D eigenvalue weighted by Gasteiger charge is -2.24. The van der Waals surface area contributed by atoms with E-state index in [0.717, 1.165) is 18.5 Å². The van der Waals surface area contributed by atoms with E-state index in [9.17, 15) is 4.39 Å². The van der Waals surface area contributed by atoms with E-state index in [1.165, 1.54) is 6.07 Å². The second-order valence-electron chi connectivity index (χ2n) is 4.58. The van der Waals surface area contributed by atoms with Crippen molar-refractivity contribution < 1.29 is 4.39 Å². The Morgan fingerprint density at radius 2 is 2.07 bits per heavy atom. The molecule has 1 rings (SSSR count). The lowest BCUT2D eigenvalue weighted by Crippen LogP contribution is -2.28. The normalized spacial score (nSPS) is 11.8. The molecule has 0 bridgehead atoms. The van der Waals surface area contributed by atoms with Crippen LogP contribution in [0.25, 0.3) is 0 Å². The van der Waals surface area contributed by atoms with E-state index in [-0.39, 0.29) is 16.3 Å². The van der Waals surface area contributed by atoms with Crippen molar-refractivity contribution >= 4 is 11.6 Å². The fourth-order valence-corrected chi connectivity index (χ4v) is 1.93. The fraction of sp³-hybridized carbons (Fsp3) is 0.500. The molecule has 84 valence electrons. The minimum atomic E-state index is -0.338. The summed E-state index contributed by atoms with van der Waals surface area (Å²) >= 11 is 5.90. The van der Waals surface area contributed by atoms with Crippen LogP contribution in [0.5, 0.6) is 0 Å². The van der Waals surface area contributed by atoms with Gasteiger partial charge in [-0.1, -0.05) is 37.6 Å². The highest BCUT2D eigenvalue weighted by Gasteiger charge is 2.19. The van der Waals surface area contributed by atoms with Crippen molar-refractivity contribution in [2.24, 2.45) is 5.41 Å². The van der Waals surface area contributed by atoms with Crippen LogP contribution >= 0.6 is 11.6 Å². The number of hydrogen-bond donors (Lipinski definition) is 1. The van der Waals surface area contributed by atoms with Crippen LogP contribution < -0.4 is 5.32 Å². The van der Waals surface area contributed by atoms with Gasteiger partial charge >= 0.3 is 0 Å². The van der Waals surface area contributed by atoms with Gasteiger partial charge in [0.15, 0.2) is 0 Å². The van der Waals surface area contributed by atoms with Gasteiger partial charge < -0.3 is 5.32 Å². The zero-order chi connectivity index (χ0) is 11.5. The minimum absolute atomic E-state index is 0.0756. The molecule has 0 aliphatic heterocycles. The Morgan fingerprint density at radius 3 is 2.67 bits per heavy atom. The van der Waals surface area contributed by atoms with Gasteiger partial charge in [0, 0.05) is 6.54 Å². The average molecular weight is 230 g/mol. The van der Waals surface area contributed by atoms with Crippen LogP contribution in [0.3, 0.4) is 0 Å². The second-order valence-corrected chi connectivity index (χ2v) is 4.96. The maximum atomic E-state index is 13.2. The Bertz CT molecular complexity index is 336. The summed E-state index contributed by atoms with van der Waals surface area (Å²) in [4.78, 5) is 0. The molecule has 0 radical (unpaired) electrons. The Kier molecular flexibility index (Phi) is 4.12. The molecule has 15 heavy (non-hydrogen) atoms. The highest BCUT2D eigenvalue weighted by molar-refractivity contribution is 6.31. The zero-order valence-corrected chi connectivity index (χ0v) is 10.2. The molecule has 3 heteroatoms. The lowest BCUT2D eigenvalue weighted by molar-refractivity contribution is 0.349. The van der Waals surface area contributed by atoms with E-state index in [1.54, 1.807) is 6.07 Å². The number of rotatable bonds is 4. The van der Waals surface area contributed by atoms with Gasteiger partial charge in [-0.25, -0.2) is 4.39 Å². The van der Waals surface area contributed by atoms with E-state index < -0.39 is 0 Å². The summed E-state index contributed by atoms with van der Waals surface area (Å²) in [6, 6.07) is 4.96. The van der Waals surface area contributed by atoms with E-state index in [0.29, 0.717) is 0 Å². The van der Waals surface area contributed by atoms with Gasteiger partial charge in [0.2, 0.25) is 0 Å². The molecule has 1 N–H and O–H groups in total. The third-order valence-corrected chi connectivity index (χ3v) is 2.78. The van der Waals surface area contributed by atoms with Crippen LogP contribution in [-0.4, -0.2) is 13.6 Å². The highest BCUT2D eigenvalue weighted by Crippen LogP contribution is 2.27. The Morgan fingerprint density at radius 1 is 1.40 bits per heavy atom. The van der Waals surface area contributed by atoms with E-state index >= 15 is 0 Å². The lowest BCUT2D eigenvalue weighted by atomic mass is 9.85. The van der Waals surface area contributed by atoms with Crippen molar-refractivity contribution in [2.75, 3.05) is 13.6 Å². The standard InChI is InChI=1S/C12H17ClFN/c1-12(2,8-15-3)7-9-5-4-6-10(14)11(9)13/h4-6,15H,7-8H2,1-3H3. The predicted molar refractivity (Wildman–Crippen MR) is 62.8 cm³/mol. The smallest absolute Gasteiger partial charge is 0.142 e. The molecule has 0 fully saturated rings. The molecule has 1 aromatic rings. The molecule has 0 aliphatic rings. The van der Waals surface area contributed by atoms with Gasteiger partial charge in [0.25, 0.3) is 0 Å². The highest BCUT2D eigenvalue weighted by atomic mass is 35.5. The summed E-state index contributed by atoms with van der Waals surface area (Å²) in [6.07, 6.45) is 0.768. The van der Waals surface area contributed by atoms with Crippen LogP contribution in [0.2, 0.25) is 5.02 Å². The van der Waals surface area contributed by atoms with E-state index in [1.807, 2.05) is 13.1 Å². The molecule has 0 saturated heterocycles. The molecular weight excluding hydrogens is 213 g/mol.